The van der Waals surface area contributed by atoms with Crippen molar-refractivity contribution in [3.8, 4) is 11.4 Å². The van der Waals surface area contributed by atoms with Gasteiger partial charge in [0.2, 0.25) is 0 Å². The molecule has 0 bridgehead atoms. The normalized spacial score (nSPS) is 10.4. The van der Waals surface area contributed by atoms with E-state index in [-0.39, 0.29) is 12.2 Å². The van der Waals surface area contributed by atoms with Crippen molar-refractivity contribution >= 4 is 11.8 Å². The highest BCUT2D eigenvalue weighted by Crippen LogP contribution is 2.24. The minimum Gasteiger partial charge on any atom is -0.506 e. The fourth-order valence-electron chi connectivity index (χ4n) is 1.66. The highest BCUT2D eigenvalue weighted by atomic mass is 16.4. The highest BCUT2D eigenvalue weighted by molar-refractivity contribution is 5.67. The molecule has 2 rings (SSSR count). The van der Waals surface area contributed by atoms with Gasteiger partial charge in [0, 0.05) is 12.0 Å². The van der Waals surface area contributed by atoms with Crippen LogP contribution in [0.25, 0.3) is 5.69 Å². The van der Waals surface area contributed by atoms with Crippen LogP contribution in [0.5, 0.6) is 5.75 Å². The largest absolute Gasteiger partial charge is 0.506 e. The molecule has 6 heteroatoms. The first kappa shape index (κ1) is 12.0. The molecule has 0 saturated heterocycles. The Hall–Kier alpha value is -2.50. The van der Waals surface area contributed by atoms with E-state index in [2.05, 4.69) is 5.10 Å². The summed E-state index contributed by atoms with van der Waals surface area (Å²) in [5, 5.41) is 22.4. The number of carboxylic acids is 1. The molecule has 1 heterocycles. The average molecular weight is 247 g/mol. The molecule has 0 amide bonds. The SMILES string of the molecule is Nc1c(CCC(=O)O)cnn1-c1ccccc1O. The van der Waals surface area contributed by atoms with Crippen LogP contribution < -0.4 is 5.73 Å². The van der Waals surface area contributed by atoms with E-state index in [0.717, 1.165) is 0 Å². The Bertz CT molecular complexity index is 578. The van der Waals surface area contributed by atoms with E-state index < -0.39 is 5.97 Å². The van der Waals surface area contributed by atoms with Crippen molar-refractivity contribution in [2.75, 3.05) is 5.73 Å². The predicted molar refractivity (Wildman–Crippen MR) is 65.6 cm³/mol. The van der Waals surface area contributed by atoms with Gasteiger partial charge in [-0.15, -0.1) is 0 Å². The van der Waals surface area contributed by atoms with Gasteiger partial charge in [-0.3, -0.25) is 4.79 Å². The second kappa shape index (κ2) is 4.79. The van der Waals surface area contributed by atoms with E-state index in [4.69, 9.17) is 10.8 Å². The number of phenols is 1. The number of nitrogens with zero attached hydrogens (tertiary/aromatic N) is 2. The Morgan fingerprint density at radius 3 is 2.78 bits per heavy atom. The van der Waals surface area contributed by atoms with E-state index in [1.54, 1.807) is 18.2 Å². The fourth-order valence-corrected chi connectivity index (χ4v) is 1.66. The molecule has 6 nitrogen and oxygen atoms in total. The Balaban J connectivity index is 2.31. The van der Waals surface area contributed by atoms with Crippen molar-refractivity contribution in [2.45, 2.75) is 12.8 Å². The van der Waals surface area contributed by atoms with Crippen molar-refractivity contribution in [3.63, 3.8) is 0 Å². The molecule has 0 radical (unpaired) electrons. The van der Waals surface area contributed by atoms with Crippen LogP contribution in [0.1, 0.15) is 12.0 Å². The zero-order valence-corrected chi connectivity index (χ0v) is 9.58. The van der Waals surface area contributed by atoms with Crippen LogP contribution in [0.2, 0.25) is 0 Å². The number of aromatic nitrogens is 2. The molecule has 4 N–H and O–H groups in total. The molecular formula is C12H13N3O3. The quantitative estimate of drug-likeness (QED) is 0.753. The van der Waals surface area contributed by atoms with Crippen molar-refractivity contribution in [2.24, 2.45) is 0 Å². The van der Waals surface area contributed by atoms with E-state index in [1.807, 2.05) is 0 Å². The molecule has 0 fully saturated rings. The maximum Gasteiger partial charge on any atom is 0.303 e. The summed E-state index contributed by atoms with van der Waals surface area (Å²) in [4.78, 5) is 10.5. The standard InChI is InChI=1S/C12H13N3O3/c13-12-8(5-6-11(17)18)7-14-15(12)9-3-1-2-4-10(9)16/h1-4,7,16H,5-6,13H2,(H,17,18). The third-order valence-corrected chi connectivity index (χ3v) is 2.60. The molecule has 0 unspecified atom stereocenters. The van der Waals surface area contributed by atoms with Crippen molar-refractivity contribution in [1.82, 2.24) is 9.78 Å². The second-order valence-electron chi connectivity index (χ2n) is 3.85. The molecule has 0 aliphatic heterocycles. The van der Waals surface area contributed by atoms with Gasteiger partial charge >= 0.3 is 5.97 Å². The first-order valence-electron chi connectivity index (χ1n) is 5.42. The number of carboxylic acid groups (broad SMARTS) is 1. The summed E-state index contributed by atoms with van der Waals surface area (Å²) in [7, 11) is 0. The summed E-state index contributed by atoms with van der Waals surface area (Å²) in [6, 6.07) is 6.67. The predicted octanol–water partition coefficient (Wildman–Crippen LogP) is 1.18. The molecule has 1 aromatic carbocycles. The molecule has 94 valence electrons. The summed E-state index contributed by atoms with van der Waals surface area (Å²) in [5.74, 6) is -0.473. The number of para-hydroxylation sites is 2. The Kier molecular flexibility index (Phi) is 3.18. The molecular weight excluding hydrogens is 234 g/mol. The number of carbonyl (C=O) groups is 1. The lowest BCUT2D eigenvalue weighted by Gasteiger charge is -2.06. The third-order valence-electron chi connectivity index (χ3n) is 2.60. The lowest BCUT2D eigenvalue weighted by atomic mass is 10.2. The fraction of sp³-hybridized carbons (Fsp3) is 0.167. The molecule has 18 heavy (non-hydrogen) atoms. The first-order valence-corrected chi connectivity index (χ1v) is 5.42. The lowest BCUT2D eigenvalue weighted by molar-refractivity contribution is -0.136. The Morgan fingerprint density at radius 2 is 2.11 bits per heavy atom. The molecule has 1 aromatic heterocycles. The zero-order valence-electron chi connectivity index (χ0n) is 9.58. The number of hydrogen-bond donors (Lipinski definition) is 3. The summed E-state index contributed by atoms with van der Waals surface area (Å²) in [5.41, 5.74) is 7.01. The minimum atomic E-state index is -0.885. The van der Waals surface area contributed by atoms with Crippen molar-refractivity contribution in [1.29, 1.82) is 0 Å². The molecule has 0 aliphatic carbocycles. The maximum atomic E-state index is 10.5. The number of rotatable bonds is 4. The Morgan fingerprint density at radius 1 is 1.39 bits per heavy atom. The van der Waals surface area contributed by atoms with E-state index in [9.17, 15) is 9.90 Å². The molecule has 0 atom stereocenters. The van der Waals surface area contributed by atoms with Crippen LogP contribution in [0.15, 0.2) is 30.5 Å². The van der Waals surface area contributed by atoms with Crippen LogP contribution in [-0.2, 0) is 11.2 Å². The monoisotopic (exact) mass is 247 g/mol. The lowest BCUT2D eigenvalue weighted by Crippen LogP contribution is -2.04. The number of aliphatic carboxylic acids is 1. The van der Waals surface area contributed by atoms with Gasteiger partial charge in [-0.25, -0.2) is 4.68 Å². The van der Waals surface area contributed by atoms with Gasteiger partial charge in [0.1, 0.15) is 17.3 Å². The van der Waals surface area contributed by atoms with E-state index in [0.29, 0.717) is 23.5 Å². The maximum absolute atomic E-state index is 10.5. The average Bonchev–Trinajstić information content (AvgIpc) is 2.69. The number of hydrogen-bond acceptors (Lipinski definition) is 4. The molecule has 2 aromatic rings. The van der Waals surface area contributed by atoms with Gasteiger partial charge in [-0.05, 0) is 18.6 Å². The second-order valence-corrected chi connectivity index (χ2v) is 3.85. The van der Waals surface area contributed by atoms with Crippen LogP contribution in [0, 0.1) is 0 Å². The van der Waals surface area contributed by atoms with Gasteiger partial charge in [-0.1, -0.05) is 12.1 Å². The number of nitrogen functional groups attached to an aromatic ring is 1. The topological polar surface area (TPSA) is 101 Å². The van der Waals surface area contributed by atoms with E-state index >= 15 is 0 Å². The van der Waals surface area contributed by atoms with Gasteiger partial charge in [0.15, 0.2) is 0 Å². The minimum absolute atomic E-state index is 0.00331. The van der Waals surface area contributed by atoms with Crippen molar-refractivity contribution in [3.05, 3.63) is 36.0 Å². The van der Waals surface area contributed by atoms with E-state index in [1.165, 1.54) is 16.9 Å². The van der Waals surface area contributed by atoms with Crippen molar-refractivity contribution < 1.29 is 15.0 Å². The van der Waals surface area contributed by atoms with Crippen LogP contribution in [-0.4, -0.2) is 26.0 Å². The summed E-state index contributed by atoms with van der Waals surface area (Å²) in [6.45, 7) is 0. The highest BCUT2D eigenvalue weighted by Gasteiger charge is 2.12. The van der Waals surface area contributed by atoms with Gasteiger partial charge in [-0.2, -0.15) is 5.10 Å². The third kappa shape index (κ3) is 2.27. The number of benzene rings is 1. The smallest absolute Gasteiger partial charge is 0.303 e. The molecule has 0 saturated carbocycles. The number of aromatic hydroxyl groups is 1. The molecule has 0 aliphatic rings. The summed E-state index contributed by atoms with van der Waals surface area (Å²) < 4.78 is 1.40. The molecule has 0 spiro atoms. The van der Waals surface area contributed by atoms with Crippen LogP contribution in [0.4, 0.5) is 5.82 Å². The van der Waals surface area contributed by atoms with Crippen LogP contribution >= 0.6 is 0 Å². The summed E-state index contributed by atoms with van der Waals surface area (Å²) in [6.07, 6.45) is 1.83. The summed E-state index contributed by atoms with van der Waals surface area (Å²) >= 11 is 0. The number of aryl methyl sites for hydroxylation is 1. The van der Waals surface area contributed by atoms with Gasteiger partial charge in [0.25, 0.3) is 0 Å². The zero-order chi connectivity index (χ0) is 13.1. The number of anilines is 1. The first-order chi connectivity index (χ1) is 8.59. The Labute approximate surface area is 103 Å². The van der Waals surface area contributed by atoms with Crippen LogP contribution in [0.3, 0.4) is 0 Å². The van der Waals surface area contributed by atoms with Gasteiger partial charge in [0.05, 0.1) is 6.20 Å². The number of nitrogens with two attached hydrogens (primary N) is 1. The number of phenolic OH excluding ortho intramolecular Hbond substituents is 1. The van der Waals surface area contributed by atoms with Gasteiger partial charge < -0.3 is 15.9 Å².